The van der Waals surface area contributed by atoms with E-state index in [4.69, 9.17) is 4.74 Å². The second-order valence-corrected chi connectivity index (χ2v) is 8.16. The highest BCUT2D eigenvalue weighted by atomic mass is 32.1. The summed E-state index contributed by atoms with van der Waals surface area (Å²) in [6.45, 7) is 4.69. The lowest BCUT2D eigenvalue weighted by Gasteiger charge is -2.37. The van der Waals surface area contributed by atoms with Gasteiger partial charge in [0.1, 0.15) is 12.3 Å². The van der Waals surface area contributed by atoms with Crippen molar-refractivity contribution in [2.24, 2.45) is 0 Å². The highest BCUT2D eigenvalue weighted by molar-refractivity contribution is 7.10. The molecule has 29 heavy (non-hydrogen) atoms. The summed E-state index contributed by atoms with van der Waals surface area (Å²) in [5, 5.41) is 2.08. The zero-order valence-corrected chi connectivity index (χ0v) is 17.9. The molecule has 0 saturated heterocycles. The summed E-state index contributed by atoms with van der Waals surface area (Å²) >= 11 is 1.73. The third-order valence-electron chi connectivity index (χ3n) is 5.05. The molecule has 154 valence electrons. The molecule has 7 heteroatoms. The lowest BCUT2D eigenvalue weighted by atomic mass is 9.93. The summed E-state index contributed by atoms with van der Waals surface area (Å²) in [6, 6.07) is 9.57. The Morgan fingerprint density at radius 1 is 1.28 bits per heavy atom. The second kappa shape index (κ2) is 9.13. The first-order valence-corrected chi connectivity index (χ1v) is 10.4. The zero-order chi connectivity index (χ0) is 21.0. The van der Waals surface area contributed by atoms with E-state index in [9.17, 15) is 9.59 Å². The van der Waals surface area contributed by atoms with Crippen LogP contribution < -0.4 is 4.74 Å². The monoisotopic (exact) mass is 413 g/mol. The highest BCUT2D eigenvalue weighted by Gasteiger charge is 2.34. The fourth-order valence-electron chi connectivity index (χ4n) is 3.63. The molecule has 0 radical (unpaired) electrons. The van der Waals surface area contributed by atoms with Crippen LogP contribution in [0.1, 0.15) is 22.0 Å². The van der Waals surface area contributed by atoms with Gasteiger partial charge in [-0.15, -0.1) is 17.9 Å². The van der Waals surface area contributed by atoms with Crippen LogP contribution in [0.5, 0.6) is 5.75 Å². The van der Waals surface area contributed by atoms with Gasteiger partial charge in [0.2, 0.25) is 5.91 Å². The molecule has 1 aliphatic rings. The summed E-state index contributed by atoms with van der Waals surface area (Å²) < 4.78 is 5.28. The van der Waals surface area contributed by atoms with Gasteiger partial charge < -0.3 is 19.4 Å². The number of nitrogens with zero attached hydrogens (tertiary/aromatic N) is 3. The molecule has 3 amide bonds. The van der Waals surface area contributed by atoms with E-state index in [2.05, 4.69) is 18.0 Å². The summed E-state index contributed by atoms with van der Waals surface area (Å²) in [4.78, 5) is 31.9. The van der Waals surface area contributed by atoms with Gasteiger partial charge in [0.05, 0.1) is 13.2 Å². The van der Waals surface area contributed by atoms with E-state index in [0.717, 1.165) is 23.3 Å². The Balaban J connectivity index is 1.90. The summed E-state index contributed by atoms with van der Waals surface area (Å²) in [5.41, 5.74) is 2.20. The number of carbonyl (C=O) groups is 2. The number of ether oxygens (including phenoxy) is 1. The van der Waals surface area contributed by atoms with Crippen LogP contribution in [0.2, 0.25) is 0 Å². The summed E-state index contributed by atoms with van der Waals surface area (Å²) in [6.07, 6.45) is 2.47. The van der Waals surface area contributed by atoms with E-state index in [1.165, 1.54) is 14.7 Å². The van der Waals surface area contributed by atoms with Crippen LogP contribution in [0.3, 0.4) is 0 Å². The Kier molecular flexibility index (Phi) is 6.59. The van der Waals surface area contributed by atoms with E-state index in [1.807, 2.05) is 29.2 Å². The Bertz CT molecular complexity index is 876. The molecule has 1 aromatic heterocycles. The Hall–Kier alpha value is -2.80. The number of hydrogen-bond donors (Lipinski definition) is 0. The summed E-state index contributed by atoms with van der Waals surface area (Å²) in [5.74, 6) is 0.710. The maximum absolute atomic E-state index is 13.3. The van der Waals surface area contributed by atoms with Crippen LogP contribution in [0.25, 0.3) is 0 Å². The van der Waals surface area contributed by atoms with E-state index >= 15 is 0 Å². The Morgan fingerprint density at radius 2 is 2.00 bits per heavy atom. The molecule has 3 rings (SSSR count). The lowest BCUT2D eigenvalue weighted by Crippen LogP contribution is -2.48. The number of hydrogen-bond acceptors (Lipinski definition) is 4. The van der Waals surface area contributed by atoms with Gasteiger partial charge in [0, 0.05) is 32.1 Å². The van der Waals surface area contributed by atoms with Gasteiger partial charge in [-0.2, -0.15) is 0 Å². The molecular formula is C22H27N3O3S. The molecule has 1 unspecified atom stereocenters. The third-order valence-corrected chi connectivity index (χ3v) is 6.04. The summed E-state index contributed by atoms with van der Waals surface area (Å²) in [7, 11) is 5.00. The molecule has 0 bridgehead atoms. The van der Waals surface area contributed by atoms with Crippen molar-refractivity contribution in [3.8, 4) is 5.75 Å². The fraction of sp³-hybridized carbons (Fsp3) is 0.364. The van der Waals surface area contributed by atoms with Crippen LogP contribution in [-0.4, -0.2) is 67.5 Å². The average Bonchev–Trinajstić information content (AvgIpc) is 3.21. The van der Waals surface area contributed by atoms with Crippen LogP contribution in [-0.2, 0) is 11.2 Å². The molecule has 0 aliphatic carbocycles. The Morgan fingerprint density at radius 3 is 2.62 bits per heavy atom. The number of fused-ring (bicyclic) bond motifs is 1. The molecule has 1 atom stereocenters. The molecule has 6 nitrogen and oxygen atoms in total. The minimum atomic E-state index is -0.201. The lowest BCUT2D eigenvalue weighted by molar-refractivity contribution is -0.133. The van der Waals surface area contributed by atoms with Crippen molar-refractivity contribution < 1.29 is 14.3 Å². The molecule has 1 aromatic carbocycles. The van der Waals surface area contributed by atoms with Gasteiger partial charge in [0.25, 0.3) is 0 Å². The topological polar surface area (TPSA) is 53.1 Å². The minimum absolute atomic E-state index is 0.0230. The van der Waals surface area contributed by atoms with Gasteiger partial charge >= 0.3 is 6.03 Å². The second-order valence-electron chi connectivity index (χ2n) is 7.16. The van der Waals surface area contributed by atoms with Crippen molar-refractivity contribution in [2.45, 2.75) is 12.5 Å². The Labute approximate surface area is 176 Å². The molecule has 1 aliphatic heterocycles. The van der Waals surface area contributed by atoms with E-state index in [1.54, 1.807) is 38.6 Å². The molecule has 0 saturated carbocycles. The zero-order valence-electron chi connectivity index (χ0n) is 17.1. The van der Waals surface area contributed by atoms with Crippen molar-refractivity contribution in [2.75, 3.05) is 40.8 Å². The van der Waals surface area contributed by atoms with Crippen molar-refractivity contribution >= 4 is 23.3 Å². The van der Waals surface area contributed by atoms with Crippen molar-refractivity contribution in [3.05, 3.63) is 64.4 Å². The largest absolute Gasteiger partial charge is 0.497 e. The van der Waals surface area contributed by atoms with Crippen LogP contribution in [0.15, 0.2) is 48.4 Å². The standard InChI is InChI=1S/C22H27N3O3S/c1-5-12-24(22(27)23(2)3)15-20(26)25-13-10-19-18(11-14-29-19)21(25)16-6-8-17(28-4)9-7-16/h5-9,11,14,21H,1,10,12-13,15H2,2-4H3. The maximum Gasteiger partial charge on any atom is 0.320 e. The maximum atomic E-state index is 13.3. The number of thiophene rings is 1. The number of amides is 3. The molecule has 0 fully saturated rings. The molecule has 0 N–H and O–H groups in total. The van der Waals surface area contributed by atoms with E-state index in [0.29, 0.717) is 13.1 Å². The number of rotatable bonds is 6. The van der Waals surface area contributed by atoms with Crippen LogP contribution in [0.4, 0.5) is 4.79 Å². The quantitative estimate of drug-likeness (QED) is 0.682. The van der Waals surface area contributed by atoms with Gasteiger partial charge in [-0.25, -0.2) is 4.79 Å². The molecule has 2 aromatic rings. The SMILES string of the molecule is C=CCN(CC(=O)N1CCc2sccc2C1c1ccc(OC)cc1)C(=O)N(C)C. The fourth-order valence-corrected chi connectivity index (χ4v) is 4.54. The third kappa shape index (κ3) is 4.45. The molecule has 2 heterocycles. The molecular weight excluding hydrogens is 386 g/mol. The van der Waals surface area contributed by atoms with E-state index < -0.39 is 0 Å². The highest BCUT2D eigenvalue weighted by Crippen LogP contribution is 2.38. The first-order chi connectivity index (χ1) is 14.0. The van der Waals surface area contributed by atoms with Gasteiger partial charge in [-0.3, -0.25) is 4.79 Å². The number of urea groups is 1. The van der Waals surface area contributed by atoms with Gasteiger partial charge in [0.15, 0.2) is 0 Å². The average molecular weight is 414 g/mol. The predicted octanol–water partition coefficient (Wildman–Crippen LogP) is 3.40. The van der Waals surface area contributed by atoms with Crippen molar-refractivity contribution in [3.63, 3.8) is 0 Å². The first kappa shape index (κ1) is 20.9. The number of methoxy groups -OCH3 is 1. The first-order valence-electron chi connectivity index (χ1n) is 9.53. The minimum Gasteiger partial charge on any atom is -0.497 e. The smallest absolute Gasteiger partial charge is 0.320 e. The predicted molar refractivity (Wildman–Crippen MR) is 115 cm³/mol. The molecule has 0 spiro atoms. The normalized spacial score (nSPS) is 15.4. The van der Waals surface area contributed by atoms with E-state index in [-0.39, 0.29) is 24.5 Å². The van der Waals surface area contributed by atoms with Crippen LogP contribution >= 0.6 is 11.3 Å². The number of benzene rings is 1. The number of carbonyl (C=O) groups excluding carboxylic acids is 2. The van der Waals surface area contributed by atoms with Gasteiger partial charge in [-0.05, 0) is 41.1 Å². The van der Waals surface area contributed by atoms with Crippen molar-refractivity contribution in [1.82, 2.24) is 14.7 Å². The van der Waals surface area contributed by atoms with Gasteiger partial charge in [-0.1, -0.05) is 18.2 Å². The van der Waals surface area contributed by atoms with Crippen molar-refractivity contribution in [1.29, 1.82) is 0 Å². The van der Waals surface area contributed by atoms with Crippen LogP contribution in [0, 0.1) is 0 Å².